The Balaban J connectivity index is 0.00000196. The van der Waals surface area contributed by atoms with Crippen LogP contribution >= 0.6 is 0 Å². The van der Waals surface area contributed by atoms with E-state index in [1.54, 1.807) is 0 Å². The van der Waals surface area contributed by atoms with Crippen LogP contribution < -0.4 is 17.0 Å². The van der Waals surface area contributed by atoms with Gasteiger partial charge in [-0.15, -0.1) is 5.92 Å². The molecule has 0 aliphatic heterocycles. The van der Waals surface area contributed by atoms with Crippen LogP contribution in [0, 0.1) is 11.8 Å². The molecule has 0 N–H and O–H groups in total. The number of nitrogens with zero attached hydrogens (tertiary/aromatic N) is 1. The molecule has 0 saturated heterocycles. The fraction of sp³-hybridized carbons (Fsp3) is 0.750. The number of quaternary nitrogens is 1. The predicted octanol–water partition coefficient (Wildman–Crippen LogP) is -1.40. The van der Waals surface area contributed by atoms with Gasteiger partial charge in [0.05, 0.1) is 14.1 Å². The number of ketones is 1. The standard InChI is InChI=1S/C12H20NO.BrH/c1-4-5-10-13(2,3)11-8-6-7-9-12(11)14;/h11H,6-10H2,1-3H3;1H/q+1;/p-1. The molecule has 0 spiro atoms. The third kappa shape index (κ3) is 3.96. The average molecular weight is 274 g/mol. The van der Waals surface area contributed by atoms with Crippen molar-refractivity contribution < 1.29 is 26.3 Å². The van der Waals surface area contributed by atoms with Crippen molar-refractivity contribution in [2.45, 2.75) is 38.6 Å². The number of halogens is 1. The Hall–Kier alpha value is -0.330. The highest BCUT2D eigenvalue weighted by Gasteiger charge is 2.35. The molecule has 0 heterocycles. The summed E-state index contributed by atoms with van der Waals surface area (Å²) in [6, 6.07) is 0.185. The number of likely N-dealkylation sites (N-methyl/N-ethyl adjacent to an activating group) is 1. The lowest BCUT2D eigenvalue weighted by Gasteiger charge is -2.37. The van der Waals surface area contributed by atoms with Gasteiger partial charge in [-0.3, -0.25) is 4.79 Å². The molecule has 0 bridgehead atoms. The van der Waals surface area contributed by atoms with Crippen LogP contribution in [0.25, 0.3) is 0 Å². The van der Waals surface area contributed by atoms with Crippen molar-refractivity contribution in [1.29, 1.82) is 0 Å². The van der Waals surface area contributed by atoms with E-state index in [9.17, 15) is 4.79 Å². The molecule has 0 aromatic heterocycles. The van der Waals surface area contributed by atoms with Crippen LogP contribution in [-0.4, -0.2) is 36.9 Å². The highest BCUT2D eigenvalue weighted by molar-refractivity contribution is 5.83. The minimum absolute atomic E-state index is 0. The summed E-state index contributed by atoms with van der Waals surface area (Å²) < 4.78 is 0.736. The van der Waals surface area contributed by atoms with Gasteiger partial charge in [-0.2, -0.15) is 0 Å². The zero-order valence-corrected chi connectivity index (χ0v) is 11.4. The van der Waals surface area contributed by atoms with Crippen molar-refractivity contribution in [1.82, 2.24) is 0 Å². The van der Waals surface area contributed by atoms with Crippen molar-refractivity contribution in [3.05, 3.63) is 0 Å². The first-order valence-corrected chi connectivity index (χ1v) is 5.33. The summed E-state index contributed by atoms with van der Waals surface area (Å²) in [7, 11) is 4.22. The first kappa shape index (κ1) is 14.7. The minimum Gasteiger partial charge on any atom is -1.00 e. The molecule has 0 aromatic carbocycles. The van der Waals surface area contributed by atoms with Gasteiger partial charge in [-0.25, -0.2) is 0 Å². The van der Waals surface area contributed by atoms with E-state index in [0.29, 0.717) is 5.78 Å². The fourth-order valence-electron chi connectivity index (χ4n) is 2.10. The van der Waals surface area contributed by atoms with Gasteiger partial charge < -0.3 is 21.5 Å². The van der Waals surface area contributed by atoms with Gasteiger partial charge in [-0.05, 0) is 25.7 Å². The summed E-state index contributed by atoms with van der Waals surface area (Å²) >= 11 is 0. The molecular formula is C12H20BrNO. The SMILES string of the molecule is CC#CC[N+](C)(C)C1CCCCC1=O.[Br-]. The molecule has 0 amide bonds. The minimum atomic E-state index is 0. The maximum Gasteiger partial charge on any atom is 0.189 e. The maximum atomic E-state index is 11.7. The Bertz CT molecular complexity index is 275. The second-order valence-electron chi connectivity index (χ2n) is 4.59. The van der Waals surface area contributed by atoms with Crippen LogP contribution in [0.2, 0.25) is 0 Å². The van der Waals surface area contributed by atoms with E-state index >= 15 is 0 Å². The Morgan fingerprint density at radius 1 is 1.40 bits per heavy atom. The number of hydrogen-bond acceptors (Lipinski definition) is 1. The first-order chi connectivity index (χ1) is 6.58. The normalized spacial score (nSPS) is 21.3. The van der Waals surface area contributed by atoms with Gasteiger partial charge in [0.1, 0.15) is 12.6 Å². The second kappa shape index (κ2) is 6.30. The summed E-state index contributed by atoms with van der Waals surface area (Å²) in [6.45, 7) is 2.63. The van der Waals surface area contributed by atoms with E-state index in [4.69, 9.17) is 0 Å². The van der Waals surface area contributed by atoms with E-state index < -0.39 is 0 Å². The van der Waals surface area contributed by atoms with E-state index in [1.807, 2.05) is 6.92 Å². The maximum absolute atomic E-state index is 11.7. The van der Waals surface area contributed by atoms with Crippen molar-refractivity contribution in [3.8, 4) is 11.8 Å². The van der Waals surface area contributed by atoms with E-state index in [2.05, 4.69) is 25.9 Å². The highest BCUT2D eigenvalue weighted by Crippen LogP contribution is 2.22. The van der Waals surface area contributed by atoms with Crippen molar-refractivity contribution >= 4 is 5.78 Å². The molecule has 2 nitrogen and oxygen atoms in total. The zero-order chi connectivity index (χ0) is 10.6. The van der Waals surface area contributed by atoms with E-state index in [1.165, 1.54) is 6.42 Å². The topological polar surface area (TPSA) is 17.1 Å². The summed E-state index contributed by atoms with van der Waals surface area (Å²) in [6.07, 6.45) is 4.08. The molecular weight excluding hydrogens is 254 g/mol. The lowest BCUT2D eigenvalue weighted by molar-refractivity contribution is -0.899. The average Bonchev–Trinajstić information content (AvgIpc) is 2.15. The molecule has 1 rings (SSSR count). The number of Topliss-reactive ketones (excluding diaryl/α,β-unsaturated/α-hetero) is 1. The molecule has 1 aliphatic carbocycles. The molecule has 1 saturated carbocycles. The van der Waals surface area contributed by atoms with Gasteiger partial charge in [0.25, 0.3) is 0 Å². The fourth-order valence-corrected chi connectivity index (χ4v) is 2.10. The van der Waals surface area contributed by atoms with Gasteiger partial charge in [0.2, 0.25) is 0 Å². The Labute approximate surface area is 103 Å². The van der Waals surface area contributed by atoms with Gasteiger partial charge in [0, 0.05) is 12.8 Å². The van der Waals surface area contributed by atoms with Crippen LogP contribution in [0.1, 0.15) is 32.6 Å². The van der Waals surface area contributed by atoms with E-state index in [0.717, 1.165) is 30.3 Å². The van der Waals surface area contributed by atoms with Gasteiger partial charge >= 0.3 is 0 Å². The molecule has 1 aliphatic rings. The molecule has 1 unspecified atom stereocenters. The van der Waals surface area contributed by atoms with Crippen molar-refractivity contribution in [2.24, 2.45) is 0 Å². The molecule has 1 atom stereocenters. The number of rotatable bonds is 2. The lowest BCUT2D eigenvalue weighted by atomic mass is 9.92. The van der Waals surface area contributed by atoms with Crippen LogP contribution in [0.5, 0.6) is 0 Å². The summed E-state index contributed by atoms with van der Waals surface area (Å²) in [5.41, 5.74) is 0. The number of carbonyl (C=O) groups excluding carboxylic acids is 1. The smallest absolute Gasteiger partial charge is 0.189 e. The lowest BCUT2D eigenvalue weighted by Crippen LogP contribution is -3.00. The molecule has 0 radical (unpaired) electrons. The Kier molecular flexibility index (Phi) is 6.16. The van der Waals surface area contributed by atoms with Crippen molar-refractivity contribution in [3.63, 3.8) is 0 Å². The van der Waals surface area contributed by atoms with E-state index in [-0.39, 0.29) is 23.0 Å². The third-order valence-corrected chi connectivity index (χ3v) is 3.03. The first-order valence-electron chi connectivity index (χ1n) is 5.33. The summed E-state index contributed by atoms with van der Waals surface area (Å²) in [4.78, 5) is 11.7. The van der Waals surface area contributed by atoms with Gasteiger partial charge in [0.15, 0.2) is 5.78 Å². The van der Waals surface area contributed by atoms with Crippen LogP contribution in [0.3, 0.4) is 0 Å². The van der Waals surface area contributed by atoms with Crippen LogP contribution in [-0.2, 0) is 4.79 Å². The molecule has 86 valence electrons. The Morgan fingerprint density at radius 2 is 2.07 bits per heavy atom. The predicted molar refractivity (Wildman–Crippen MR) is 57.7 cm³/mol. The quantitative estimate of drug-likeness (QED) is 0.447. The van der Waals surface area contributed by atoms with Crippen LogP contribution in [0.15, 0.2) is 0 Å². The molecule has 15 heavy (non-hydrogen) atoms. The highest BCUT2D eigenvalue weighted by atomic mass is 79.9. The molecule has 1 fully saturated rings. The van der Waals surface area contributed by atoms with Crippen molar-refractivity contribution in [2.75, 3.05) is 20.6 Å². The largest absolute Gasteiger partial charge is 1.00 e. The summed E-state index contributed by atoms with van der Waals surface area (Å²) in [5, 5.41) is 0. The Morgan fingerprint density at radius 3 is 2.60 bits per heavy atom. The monoisotopic (exact) mass is 273 g/mol. The number of hydrogen-bond donors (Lipinski definition) is 0. The molecule has 0 aromatic rings. The van der Waals surface area contributed by atoms with Crippen LogP contribution in [0.4, 0.5) is 0 Å². The zero-order valence-electron chi connectivity index (χ0n) is 9.85. The number of carbonyl (C=O) groups is 1. The third-order valence-electron chi connectivity index (χ3n) is 3.03. The second-order valence-corrected chi connectivity index (χ2v) is 4.59. The molecule has 3 heteroatoms. The van der Waals surface area contributed by atoms with Gasteiger partial charge in [-0.1, -0.05) is 0 Å². The summed E-state index contributed by atoms with van der Waals surface area (Å²) in [5.74, 6) is 6.41.